The minimum absolute atomic E-state index is 0. The second-order valence-corrected chi connectivity index (χ2v) is 14.9. The summed E-state index contributed by atoms with van der Waals surface area (Å²) in [6, 6.07) is 13.3. The smallest absolute Gasteiger partial charge is 0.128 e. The van der Waals surface area contributed by atoms with E-state index < -0.39 is 0 Å². The molecule has 0 radical (unpaired) electrons. The van der Waals surface area contributed by atoms with Gasteiger partial charge in [-0.2, -0.15) is 0 Å². The van der Waals surface area contributed by atoms with Crippen LogP contribution in [-0.2, 0) is 0 Å². The number of anilines is 2. The minimum atomic E-state index is 0. The first-order valence-electron chi connectivity index (χ1n) is 18.6. The first-order valence-corrected chi connectivity index (χ1v) is 18.6. The summed E-state index contributed by atoms with van der Waals surface area (Å²) in [6.07, 6.45) is 19.7. The highest BCUT2D eigenvalue weighted by atomic mass is 15.2. The van der Waals surface area contributed by atoms with Crippen molar-refractivity contribution in [3.05, 3.63) is 77.5 Å². The van der Waals surface area contributed by atoms with Gasteiger partial charge in [-0.3, -0.25) is 9.97 Å². The van der Waals surface area contributed by atoms with Crippen molar-refractivity contribution in [3.8, 4) is 0 Å². The van der Waals surface area contributed by atoms with Crippen molar-refractivity contribution < 1.29 is 0 Å². The fraction of sp³-hybridized carbons (Fsp3) is 0.643. The van der Waals surface area contributed by atoms with E-state index in [2.05, 4.69) is 116 Å². The molecule has 1 saturated carbocycles. The minimum Gasteiger partial charge on any atom is -0.370 e. The van der Waals surface area contributed by atoms with E-state index in [1.54, 1.807) is 0 Å². The van der Waals surface area contributed by atoms with Crippen LogP contribution in [0.15, 0.2) is 55.0 Å². The van der Waals surface area contributed by atoms with Crippen LogP contribution in [0.1, 0.15) is 166 Å². The molecule has 3 aromatic rings. The van der Waals surface area contributed by atoms with Crippen LogP contribution in [0.25, 0.3) is 0 Å². The monoisotopic (exact) mass is 642 g/mol. The largest absolute Gasteiger partial charge is 0.370 e. The Hall–Kier alpha value is -2.95. The molecule has 0 amide bonds. The van der Waals surface area contributed by atoms with Crippen molar-refractivity contribution in [2.45, 2.75) is 144 Å². The third kappa shape index (κ3) is 12.2. The van der Waals surface area contributed by atoms with Crippen molar-refractivity contribution in [1.82, 2.24) is 15.0 Å². The number of hydrogen-bond donors (Lipinski definition) is 0. The molecular formula is C42H67N5. The fourth-order valence-corrected chi connectivity index (χ4v) is 6.68. The molecule has 0 spiro atoms. The average molecular weight is 642 g/mol. The van der Waals surface area contributed by atoms with E-state index in [9.17, 15) is 0 Å². The average Bonchev–Trinajstić information content (AvgIpc) is 3.10. The Morgan fingerprint density at radius 1 is 0.553 bits per heavy atom. The normalized spacial score (nSPS) is 17.5. The van der Waals surface area contributed by atoms with E-state index in [-0.39, 0.29) is 7.43 Å². The van der Waals surface area contributed by atoms with Crippen LogP contribution in [-0.4, -0.2) is 41.1 Å². The van der Waals surface area contributed by atoms with E-state index in [4.69, 9.17) is 0 Å². The molecule has 0 atom stereocenters. The molecule has 5 heterocycles. The number of pyridine rings is 3. The number of rotatable bonds is 6. The maximum absolute atomic E-state index is 4.55. The molecule has 3 aromatic heterocycles. The predicted molar refractivity (Wildman–Crippen MR) is 204 cm³/mol. The Kier molecular flexibility index (Phi) is 16.2. The lowest BCUT2D eigenvalue weighted by Crippen LogP contribution is -2.32. The van der Waals surface area contributed by atoms with Gasteiger partial charge in [-0.15, -0.1) is 0 Å². The van der Waals surface area contributed by atoms with Gasteiger partial charge in [-0.05, 0) is 110 Å². The highest BCUT2D eigenvalue weighted by Crippen LogP contribution is 2.32. The molecule has 2 aliphatic heterocycles. The second-order valence-electron chi connectivity index (χ2n) is 14.9. The Bertz CT molecular complexity index is 1160. The third-order valence-corrected chi connectivity index (χ3v) is 10.1. The van der Waals surface area contributed by atoms with Crippen LogP contribution in [0.4, 0.5) is 11.5 Å². The third-order valence-electron chi connectivity index (χ3n) is 10.1. The molecule has 0 aromatic carbocycles. The zero-order chi connectivity index (χ0) is 32.9. The van der Waals surface area contributed by atoms with Crippen LogP contribution >= 0.6 is 0 Å². The zero-order valence-corrected chi connectivity index (χ0v) is 30.2. The van der Waals surface area contributed by atoms with Gasteiger partial charge in [0.15, 0.2) is 0 Å². The Labute approximate surface area is 289 Å². The van der Waals surface area contributed by atoms with Gasteiger partial charge >= 0.3 is 0 Å². The van der Waals surface area contributed by atoms with Gasteiger partial charge in [0.1, 0.15) is 5.82 Å². The molecule has 0 unspecified atom stereocenters. The van der Waals surface area contributed by atoms with Gasteiger partial charge in [0.2, 0.25) is 0 Å². The van der Waals surface area contributed by atoms with Gasteiger partial charge in [-0.1, -0.05) is 87.3 Å². The Morgan fingerprint density at radius 3 is 1.64 bits per heavy atom. The van der Waals surface area contributed by atoms with Crippen LogP contribution in [0.2, 0.25) is 0 Å². The van der Waals surface area contributed by atoms with Gasteiger partial charge in [0.05, 0.1) is 11.9 Å². The molecule has 5 heteroatoms. The molecular weight excluding hydrogens is 574 g/mol. The molecule has 47 heavy (non-hydrogen) atoms. The summed E-state index contributed by atoms with van der Waals surface area (Å²) in [5, 5.41) is 0. The van der Waals surface area contributed by atoms with Crippen LogP contribution < -0.4 is 9.80 Å². The maximum atomic E-state index is 4.55. The van der Waals surface area contributed by atoms with Crippen molar-refractivity contribution in [2.24, 2.45) is 5.92 Å². The summed E-state index contributed by atoms with van der Waals surface area (Å²) in [6.45, 7) is 20.2. The molecule has 3 fully saturated rings. The molecule has 5 nitrogen and oxygen atoms in total. The topological polar surface area (TPSA) is 45.2 Å². The highest BCUT2D eigenvalue weighted by molar-refractivity contribution is 5.45. The standard InChI is InChI=1S/C14H22N2.C14H21N.C13H20N2.CH4/c1-11(2)14-5-4-13(10-15-14)16-8-6-12(3)7-9-16;1-11(2)14-9-8-13(10-15-14)12-6-4-3-5-7-12;1-11(2)12-6-7-13(14-10-12)15-8-4-3-5-9-15;/h4-5,10-12H,6-9H2,1-3H3;8-12H,3-7H2,1-2H3;6-7,10-11H,3-5,8-9H2,1-2H3;1H4. The molecule has 2 saturated heterocycles. The van der Waals surface area contributed by atoms with E-state index in [1.807, 2.05) is 12.4 Å². The van der Waals surface area contributed by atoms with Gasteiger partial charge < -0.3 is 9.80 Å². The molecule has 3 aliphatic rings. The van der Waals surface area contributed by atoms with Crippen LogP contribution in [0.3, 0.4) is 0 Å². The SMILES string of the molecule is C.CC(C)c1ccc(C2CCCCC2)cn1.CC(C)c1ccc(N2CCCCC2)nc1.CC1CCN(c2ccc(C(C)C)nc2)CC1. The summed E-state index contributed by atoms with van der Waals surface area (Å²) in [4.78, 5) is 18.5. The molecule has 0 bridgehead atoms. The first kappa shape index (κ1) is 38.5. The fourth-order valence-electron chi connectivity index (χ4n) is 6.68. The summed E-state index contributed by atoms with van der Waals surface area (Å²) >= 11 is 0. The molecule has 0 N–H and O–H groups in total. The molecule has 6 rings (SSSR count). The highest BCUT2D eigenvalue weighted by Gasteiger charge is 2.17. The Morgan fingerprint density at radius 2 is 1.15 bits per heavy atom. The van der Waals surface area contributed by atoms with Gasteiger partial charge in [-0.25, -0.2) is 4.98 Å². The van der Waals surface area contributed by atoms with E-state index in [0.717, 1.165) is 17.7 Å². The van der Waals surface area contributed by atoms with E-state index >= 15 is 0 Å². The Balaban J connectivity index is 0.000000190. The maximum Gasteiger partial charge on any atom is 0.128 e. The van der Waals surface area contributed by atoms with E-state index in [1.165, 1.54) is 119 Å². The summed E-state index contributed by atoms with van der Waals surface area (Å²) in [5.74, 6) is 4.47. The van der Waals surface area contributed by atoms with Gasteiger partial charge in [0, 0.05) is 50.0 Å². The molecule has 1 aliphatic carbocycles. The lowest BCUT2D eigenvalue weighted by Gasteiger charge is -2.32. The van der Waals surface area contributed by atoms with Crippen molar-refractivity contribution in [1.29, 1.82) is 0 Å². The lowest BCUT2D eigenvalue weighted by atomic mass is 9.85. The first-order chi connectivity index (χ1) is 22.2. The number of piperidine rings is 2. The quantitative estimate of drug-likeness (QED) is 0.268. The van der Waals surface area contributed by atoms with Crippen molar-refractivity contribution >= 4 is 11.5 Å². The van der Waals surface area contributed by atoms with Crippen molar-refractivity contribution in [3.63, 3.8) is 0 Å². The lowest BCUT2D eigenvalue weighted by molar-refractivity contribution is 0.438. The molecule has 260 valence electrons. The summed E-state index contributed by atoms with van der Waals surface area (Å²) < 4.78 is 0. The van der Waals surface area contributed by atoms with Crippen LogP contribution in [0, 0.1) is 5.92 Å². The second kappa shape index (κ2) is 19.8. The predicted octanol–water partition coefficient (Wildman–Crippen LogP) is 11.5. The zero-order valence-electron chi connectivity index (χ0n) is 30.2. The number of aromatic nitrogens is 3. The van der Waals surface area contributed by atoms with Gasteiger partial charge in [0.25, 0.3) is 0 Å². The summed E-state index contributed by atoms with van der Waals surface area (Å²) in [7, 11) is 0. The number of hydrogen-bond acceptors (Lipinski definition) is 5. The van der Waals surface area contributed by atoms with E-state index in [0.29, 0.717) is 17.8 Å². The van der Waals surface area contributed by atoms with Crippen LogP contribution in [0.5, 0.6) is 0 Å². The summed E-state index contributed by atoms with van der Waals surface area (Å²) in [5.41, 5.74) is 6.48. The number of nitrogens with zero attached hydrogens (tertiary/aromatic N) is 5. The van der Waals surface area contributed by atoms with Crippen molar-refractivity contribution in [2.75, 3.05) is 36.0 Å².